The van der Waals surface area contributed by atoms with Crippen LogP contribution in [0.4, 0.5) is 11.4 Å². The highest BCUT2D eigenvalue weighted by atomic mass is 16.5. The van der Waals surface area contributed by atoms with Gasteiger partial charge < -0.3 is 15.0 Å². The van der Waals surface area contributed by atoms with E-state index in [0.717, 1.165) is 59.6 Å². The molecule has 1 amide bonds. The topological polar surface area (TPSA) is 67.4 Å². The number of carbonyl (C=O) groups excluding carboxylic acids is 1. The van der Waals surface area contributed by atoms with Gasteiger partial charge in [-0.25, -0.2) is 9.97 Å². The van der Waals surface area contributed by atoms with Crippen LogP contribution in [0.5, 0.6) is 5.75 Å². The first-order chi connectivity index (χ1) is 15.0. The number of benzene rings is 1. The third kappa shape index (κ3) is 4.20. The smallest absolute Gasteiger partial charge is 0.257 e. The van der Waals surface area contributed by atoms with Crippen molar-refractivity contribution in [3.05, 3.63) is 53.3 Å². The van der Waals surface area contributed by atoms with E-state index in [1.807, 2.05) is 49.1 Å². The second-order valence-electron chi connectivity index (χ2n) is 8.23. The first-order valence-electron chi connectivity index (χ1n) is 11.0. The number of amides is 1. The highest BCUT2D eigenvalue weighted by Gasteiger charge is 2.29. The third-order valence-corrected chi connectivity index (χ3v) is 6.15. The first kappa shape index (κ1) is 21.1. The number of aromatic nitrogens is 2. The van der Waals surface area contributed by atoms with Crippen LogP contribution in [0.25, 0.3) is 11.0 Å². The Bertz CT molecular complexity index is 1110. The Morgan fingerprint density at radius 3 is 2.81 bits per heavy atom. The molecule has 6 nitrogen and oxygen atoms in total. The molecule has 1 aliphatic rings. The van der Waals surface area contributed by atoms with E-state index in [1.165, 1.54) is 6.42 Å². The lowest BCUT2D eigenvalue weighted by molar-refractivity contribution is 0.0609. The zero-order chi connectivity index (χ0) is 22.0. The molecule has 1 aliphatic heterocycles. The summed E-state index contributed by atoms with van der Waals surface area (Å²) < 4.78 is 5.34. The largest absolute Gasteiger partial charge is 0.497 e. The first-order valence-corrected chi connectivity index (χ1v) is 11.0. The van der Waals surface area contributed by atoms with Gasteiger partial charge in [-0.2, -0.15) is 0 Å². The predicted octanol–water partition coefficient (Wildman–Crippen LogP) is 5.40. The lowest BCUT2D eigenvalue weighted by Gasteiger charge is -2.35. The lowest BCUT2D eigenvalue weighted by atomic mass is 9.98. The molecule has 1 aromatic carbocycles. The maximum absolute atomic E-state index is 13.7. The van der Waals surface area contributed by atoms with Crippen LogP contribution in [0.3, 0.4) is 0 Å². The zero-order valence-corrected chi connectivity index (χ0v) is 18.7. The van der Waals surface area contributed by atoms with Crippen molar-refractivity contribution in [3.63, 3.8) is 0 Å². The molecule has 6 heteroatoms. The summed E-state index contributed by atoms with van der Waals surface area (Å²) >= 11 is 0. The summed E-state index contributed by atoms with van der Waals surface area (Å²) in [5, 5.41) is 4.37. The average molecular weight is 419 g/mol. The Balaban J connectivity index is 1.82. The van der Waals surface area contributed by atoms with E-state index in [4.69, 9.17) is 4.74 Å². The van der Waals surface area contributed by atoms with Crippen LogP contribution < -0.4 is 10.1 Å². The highest BCUT2D eigenvalue weighted by Crippen LogP contribution is 2.33. The monoisotopic (exact) mass is 418 g/mol. The Morgan fingerprint density at radius 1 is 1.23 bits per heavy atom. The van der Waals surface area contributed by atoms with E-state index >= 15 is 0 Å². The fourth-order valence-electron chi connectivity index (χ4n) is 4.35. The van der Waals surface area contributed by atoms with Gasteiger partial charge in [-0.15, -0.1) is 0 Å². The van der Waals surface area contributed by atoms with Crippen molar-refractivity contribution < 1.29 is 9.53 Å². The number of methoxy groups -OCH3 is 1. The number of ether oxygens (including phenoxy) is 1. The molecular formula is C25H30N4O2. The molecule has 0 aliphatic carbocycles. The Labute approximate surface area is 183 Å². The lowest BCUT2D eigenvalue weighted by Crippen LogP contribution is -2.43. The van der Waals surface area contributed by atoms with Crippen molar-refractivity contribution in [1.29, 1.82) is 0 Å². The molecule has 4 rings (SSSR count). The number of nitrogens with zero attached hydrogens (tertiary/aromatic N) is 3. The Morgan fingerprint density at radius 2 is 2.06 bits per heavy atom. The second kappa shape index (κ2) is 8.92. The van der Waals surface area contributed by atoms with E-state index in [-0.39, 0.29) is 11.9 Å². The van der Waals surface area contributed by atoms with Gasteiger partial charge in [0.15, 0.2) is 5.65 Å². The van der Waals surface area contributed by atoms with E-state index in [1.54, 1.807) is 13.3 Å². The number of likely N-dealkylation sites (tertiary alicyclic amines) is 1. The second-order valence-corrected chi connectivity index (χ2v) is 8.23. The SMILES string of the molecule is CCC1CCCCN1C(=O)c1cnc2nc(C)ccc2c1Nc1ccc(OC)cc1C. The number of rotatable bonds is 5. The summed E-state index contributed by atoms with van der Waals surface area (Å²) in [6, 6.07) is 10.1. The minimum absolute atomic E-state index is 0.0372. The molecule has 1 saturated heterocycles. The number of hydrogen-bond acceptors (Lipinski definition) is 5. The van der Waals surface area contributed by atoms with Crippen LogP contribution in [0, 0.1) is 13.8 Å². The fourth-order valence-corrected chi connectivity index (χ4v) is 4.35. The molecular weight excluding hydrogens is 388 g/mol. The minimum Gasteiger partial charge on any atom is -0.497 e. The van der Waals surface area contributed by atoms with Crippen molar-refractivity contribution >= 4 is 28.3 Å². The standard InChI is InChI=1S/C25H30N4O2/c1-5-18-8-6-7-13-29(18)25(30)21-15-26-24-20(11-9-17(3)27-24)23(21)28-22-12-10-19(31-4)14-16(22)2/h9-12,14-15,18H,5-8,13H2,1-4H3,(H,26,27,28). The van der Waals surface area contributed by atoms with Crippen LogP contribution in [0.1, 0.15) is 54.2 Å². The van der Waals surface area contributed by atoms with Crippen molar-refractivity contribution in [3.8, 4) is 5.75 Å². The molecule has 162 valence electrons. The normalized spacial score (nSPS) is 16.4. The molecule has 3 aromatic rings. The van der Waals surface area contributed by atoms with E-state index in [9.17, 15) is 4.79 Å². The molecule has 1 atom stereocenters. The maximum Gasteiger partial charge on any atom is 0.257 e. The van der Waals surface area contributed by atoms with Crippen LogP contribution in [-0.2, 0) is 0 Å². The molecule has 0 spiro atoms. The Hall–Kier alpha value is -3.15. The van der Waals surface area contributed by atoms with E-state index in [0.29, 0.717) is 11.2 Å². The highest BCUT2D eigenvalue weighted by molar-refractivity contribution is 6.07. The molecule has 2 aromatic heterocycles. The van der Waals surface area contributed by atoms with Crippen molar-refractivity contribution in [2.45, 2.75) is 52.5 Å². The quantitative estimate of drug-likeness (QED) is 0.601. The van der Waals surface area contributed by atoms with Crippen LogP contribution in [-0.4, -0.2) is 40.5 Å². The Kier molecular flexibility index (Phi) is 6.07. The van der Waals surface area contributed by atoms with Crippen LogP contribution in [0.2, 0.25) is 0 Å². The van der Waals surface area contributed by atoms with Crippen molar-refractivity contribution in [2.24, 2.45) is 0 Å². The summed E-state index contributed by atoms with van der Waals surface area (Å²) in [7, 11) is 1.66. The molecule has 3 heterocycles. The van der Waals surface area contributed by atoms with Crippen molar-refractivity contribution in [1.82, 2.24) is 14.9 Å². The van der Waals surface area contributed by atoms with Gasteiger partial charge in [-0.3, -0.25) is 4.79 Å². The summed E-state index contributed by atoms with van der Waals surface area (Å²) in [6.07, 6.45) is 5.93. The number of hydrogen-bond donors (Lipinski definition) is 1. The third-order valence-electron chi connectivity index (χ3n) is 6.15. The van der Waals surface area contributed by atoms with Gasteiger partial charge in [-0.05, 0) is 75.4 Å². The zero-order valence-electron chi connectivity index (χ0n) is 18.7. The molecule has 0 saturated carbocycles. The van der Waals surface area contributed by atoms with Gasteiger partial charge in [0.1, 0.15) is 5.75 Å². The minimum atomic E-state index is 0.0372. The number of aryl methyl sites for hydroxylation is 2. The number of piperidine rings is 1. The van der Waals surface area contributed by atoms with Crippen molar-refractivity contribution in [2.75, 3.05) is 19.0 Å². The molecule has 1 unspecified atom stereocenters. The van der Waals surface area contributed by atoms with E-state index < -0.39 is 0 Å². The number of nitrogens with one attached hydrogen (secondary N) is 1. The van der Waals surface area contributed by atoms with Crippen LogP contribution >= 0.6 is 0 Å². The predicted molar refractivity (Wildman–Crippen MR) is 124 cm³/mol. The van der Waals surface area contributed by atoms with Gasteiger partial charge in [0.2, 0.25) is 0 Å². The van der Waals surface area contributed by atoms with Gasteiger partial charge in [-0.1, -0.05) is 6.92 Å². The molecule has 1 fully saturated rings. The summed E-state index contributed by atoms with van der Waals surface area (Å²) in [4.78, 5) is 24.8. The maximum atomic E-state index is 13.7. The average Bonchev–Trinajstić information content (AvgIpc) is 2.79. The van der Waals surface area contributed by atoms with Gasteiger partial charge in [0.05, 0.1) is 18.4 Å². The molecule has 0 radical (unpaired) electrons. The van der Waals surface area contributed by atoms with Gasteiger partial charge >= 0.3 is 0 Å². The number of carbonyl (C=O) groups is 1. The summed E-state index contributed by atoms with van der Waals surface area (Å²) in [5.74, 6) is 0.838. The number of anilines is 2. The van der Waals surface area contributed by atoms with Crippen LogP contribution in [0.15, 0.2) is 36.5 Å². The number of fused-ring (bicyclic) bond motifs is 1. The summed E-state index contributed by atoms with van der Waals surface area (Å²) in [6.45, 7) is 6.92. The summed E-state index contributed by atoms with van der Waals surface area (Å²) in [5.41, 5.74) is 4.84. The van der Waals surface area contributed by atoms with Gasteiger partial charge in [0, 0.05) is 35.6 Å². The number of pyridine rings is 2. The molecule has 31 heavy (non-hydrogen) atoms. The fraction of sp³-hybridized carbons (Fsp3) is 0.400. The molecule has 1 N–H and O–H groups in total. The van der Waals surface area contributed by atoms with E-state index in [2.05, 4.69) is 22.2 Å². The molecule has 0 bridgehead atoms. The van der Waals surface area contributed by atoms with Gasteiger partial charge in [0.25, 0.3) is 5.91 Å².